The van der Waals surface area contributed by atoms with Gasteiger partial charge in [-0.25, -0.2) is 0 Å². The lowest BCUT2D eigenvalue weighted by atomic mass is 10.1. The van der Waals surface area contributed by atoms with Gasteiger partial charge < -0.3 is 14.6 Å². The van der Waals surface area contributed by atoms with Gasteiger partial charge in [0.1, 0.15) is 0 Å². The van der Waals surface area contributed by atoms with E-state index in [0.717, 1.165) is 0 Å². The topological polar surface area (TPSA) is 92.5 Å². The maximum Gasteiger partial charge on any atom is 0.314 e. The molecule has 0 spiro atoms. The zero-order valence-electron chi connectivity index (χ0n) is 8.14. The molecule has 6 nitrogen and oxygen atoms in total. The molecule has 0 aliphatic heterocycles. The van der Waals surface area contributed by atoms with Crippen molar-refractivity contribution in [3.05, 3.63) is 33.4 Å². The van der Waals surface area contributed by atoms with Gasteiger partial charge in [-0.15, -0.1) is 0 Å². The minimum absolute atomic E-state index is 0.0272. The second kappa shape index (κ2) is 3.95. The van der Waals surface area contributed by atoms with E-state index in [2.05, 4.69) is 0 Å². The van der Waals surface area contributed by atoms with Crippen molar-refractivity contribution < 1.29 is 19.6 Å². The first-order valence-corrected chi connectivity index (χ1v) is 4.02. The summed E-state index contributed by atoms with van der Waals surface area (Å²) in [5.41, 5.74) is -0.527. The first-order valence-electron chi connectivity index (χ1n) is 4.02. The van der Waals surface area contributed by atoms with Crippen LogP contribution in [-0.4, -0.2) is 18.0 Å². The Morgan fingerprint density at radius 2 is 2.07 bits per heavy atom. The fourth-order valence-corrected chi connectivity index (χ4v) is 1.29. The van der Waals surface area contributed by atoms with Gasteiger partial charge in [-0.2, -0.15) is 0 Å². The predicted octanol–water partition coefficient (Wildman–Crippen LogP) is 0.275. The summed E-state index contributed by atoms with van der Waals surface area (Å²) in [5, 5.41) is 21.3. The Hall–Kier alpha value is -2.11. The van der Waals surface area contributed by atoms with E-state index < -0.39 is 10.9 Å². The van der Waals surface area contributed by atoms with Crippen molar-refractivity contribution in [3.8, 4) is 5.75 Å². The Kier molecular flexibility index (Phi) is 2.89. The van der Waals surface area contributed by atoms with E-state index in [9.17, 15) is 20.0 Å². The molecule has 0 N–H and O–H groups in total. The summed E-state index contributed by atoms with van der Waals surface area (Å²) in [4.78, 5) is 20.6. The second-order valence-electron chi connectivity index (χ2n) is 2.83. The molecule has 0 aromatic heterocycles. The fourth-order valence-electron chi connectivity index (χ4n) is 1.29. The van der Waals surface area contributed by atoms with Crippen LogP contribution in [0, 0.1) is 17.0 Å². The molecule has 6 heteroatoms. The summed E-state index contributed by atoms with van der Waals surface area (Å²) in [5.74, 6) is -1.42. The zero-order chi connectivity index (χ0) is 11.6. The Morgan fingerprint density at radius 1 is 1.47 bits per heavy atom. The minimum atomic E-state index is -1.45. The van der Waals surface area contributed by atoms with Crippen LogP contribution in [0.15, 0.2) is 12.1 Å². The van der Waals surface area contributed by atoms with Crippen LogP contribution in [-0.2, 0) is 0 Å². The van der Waals surface area contributed by atoms with Gasteiger partial charge in [0.05, 0.1) is 18.0 Å². The third-order valence-electron chi connectivity index (χ3n) is 2.02. The largest absolute Gasteiger partial charge is 0.545 e. The van der Waals surface area contributed by atoms with Crippen molar-refractivity contribution in [3.63, 3.8) is 0 Å². The van der Waals surface area contributed by atoms with Crippen LogP contribution >= 0.6 is 0 Å². The van der Waals surface area contributed by atoms with Crippen molar-refractivity contribution in [1.29, 1.82) is 0 Å². The molecule has 0 aliphatic carbocycles. The Balaban J connectivity index is 3.49. The zero-order valence-corrected chi connectivity index (χ0v) is 8.14. The van der Waals surface area contributed by atoms with Crippen LogP contribution in [0.1, 0.15) is 15.9 Å². The van der Waals surface area contributed by atoms with Crippen LogP contribution in [0.4, 0.5) is 5.69 Å². The number of carboxylic acid groups (broad SMARTS) is 1. The number of nitro groups is 1. The van der Waals surface area contributed by atoms with Crippen LogP contribution in [0.3, 0.4) is 0 Å². The van der Waals surface area contributed by atoms with Crippen LogP contribution in [0.2, 0.25) is 0 Å². The van der Waals surface area contributed by atoms with E-state index in [1.54, 1.807) is 0 Å². The quantitative estimate of drug-likeness (QED) is 0.527. The number of hydrogen-bond acceptors (Lipinski definition) is 5. The molecule has 0 heterocycles. The number of aromatic carboxylic acids is 1. The maximum atomic E-state index is 10.7. The third kappa shape index (κ3) is 1.88. The van der Waals surface area contributed by atoms with Crippen LogP contribution in [0.5, 0.6) is 5.75 Å². The molecule has 80 valence electrons. The lowest BCUT2D eigenvalue weighted by Crippen LogP contribution is -2.23. The number of rotatable bonds is 3. The molecule has 0 aliphatic rings. The van der Waals surface area contributed by atoms with Gasteiger partial charge in [0.15, 0.2) is 5.75 Å². The molecule has 1 aromatic carbocycles. The standard InChI is InChI=1S/C9H9NO5/c1-5-6(9(11)12)3-4-7(15-2)8(5)10(13)14/h3-4H,1-2H3,(H,11,12)/p-1. The van der Waals surface area contributed by atoms with Crippen molar-refractivity contribution in [1.82, 2.24) is 0 Å². The highest BCUT2D eigenvalue weighted by molar-refractivity contribution is 5.89. The average molecular weight is 210 g/mol. The molecule has 0 amide bonds. The number of carbonyl (C=O) groups excluding carboxylic acids is 1. The third-order valence-corrected chi connectivity index (χ3v) is 2.02. The number of benzene rings is 1. The van der Waals surface area contributed by atoms with E-state index in [1.807, 2.05) is 0 Å². The molecule has 0 radical (unpaired) electrons. The van der Waals surface area contributed by atoms with Gasteiger partial charge in [0.2, 0.25) is 0 Å². The summed E-state index contributed by atoms with van der Waals surface area (Å²) < 4.78 is 4.77. The molecule has 15 heavy (non-hydrogen) atoms. The van der Waals surface area contributed by atoms with Crippen LogP contribution < -0.4 is 9.84 Å². The number of carbonyl (C=O) groups is 1. The molecule has 1 aromatic rings. The van der Waals surface area contributed by atoms with Crippen molar-refractivity contribution in [2.45, 2.75) is 6.92 Å². The minimum Gasteiger partial charge on any atom is -0.545 e. The number of nitro benzene ring substituents is 1. The number of nitrogens with zero attached hydrogens (tertiary/aromatic N) is 1. The molecule has 0 saturated carbocycles. The summed E-state index contributed by atoms with van der Waals surface area (Å²) in [6, 6.07) is 2.45. The fraction of sp³-hybridized carbons (Fsp3) is 0.222. The monoisotopic (exact) mass is 210 g/mol. The number of hydrogen-bond donors (Lipinski definition) is 0. The molecule has 0 fully saturated rings. The average Bonchev–Trinajstić information content (AvgIpc) is 2.15. The van der Waals surface area contributed by atoms with E-state index >= 15 is 0 Å². The lowest BCUT2D eigenvalue weighted by molar-refractivity contribution is -0.386. The highest BCUT2D eigenvalue weighted by Gasteiger charge is 2.20. The van der Waals surface area contributed by atoms with Gasteiger partial charge in [-0.05, 0) is 19.1 Å². The van der Waals surface area contributed by atoms with Gasteiger partial charge >= 0.3 is 5.69 Å². The van der Waals surface area contributed by atoms with E-state index in [0.29, 0.717) is 0 Å². The van der Waals surface area contributed by atoms with Crippen molar-refractivity contribution >= 4 is 11.7 Å². The smallest absolute Gasteiger partial charge is 0.314 e. The van der Waals surface area contributed by atoms with Gasteiger partial charge in [-0.1, -0.05) is 0 Å². The normalized spacial score (nSPS) is 9.73. The number of ether oxygens (including phenoxy) is 1. The highest BCUT2D eigenvalue weighted by Crippen LogP contribution is 2.32. The number of carboxylic acids is 1. The molecule has 0 atom stereocenters. The summed E-state index contributed by atoms with van der Waals surface area (Å²) in [7, 11) is 1.28. The van der Waals surface area contributed by atoms with Gasteiger partial charge in [-0.3, -0.25) is 10.1 Å². The molecule has 1 rings (SSSR count). The first kappa shape index (κ1) is 11.0. The molecular weight excluding hydrogens is 202 g/mol. The molecular formula is C9H8NO5-. The number of methoxy groups -OCH3 is 1. The molecule has 0 saturated heterocycles. The SMILES string of the molecule is COc1ccc(C(=O)[O-])c(C)c1[N+](=O)[O-]. The van der Waals surface area contributed by atoms with Crippen LogP contribution in [0.25, 0.3) is 0 Å². The van der Waals surface area contributed by atoms with E-state index in [4.69, 9.17) is 4.74 Å². The summed E-state index contributed by atoms with van der Waals surface area (Å²) in [6.07, 6.45) is 0. The first-order chi connectivity index (χ1) is 6.99. The Morgan fingerprint density at radius 3 is 2.47 bits per heavy atom. The lowest BCUT2D eigenvalue weighted by Gasteiger charge is -2.09. The maximum absolute atomic E-state index is 10.7. The Bertz CT molecular complexity index is 427. The summed E-state index contributed by atoms with van der Waals surface area (Å²) >= 11 is 0. The van der Waals surface area contributed by atoms with E-state index in [1.165, 1.54) is 26.2 Å². The van der Waals surface area contributed by atoms with E-state index in [-0.39, 0.29) is 22.6 Å². The molecule has 0 unspecified atom stereocenters. The Labute approximate surface area is 85.2 Å². The summed E-state index contributed by atoms with van der Waals surface area (Å²) in [6.45, 7) is 1.34. The highest BCUT2D eigenvalue weighted by atomic mass is 16.6. The van der Waals surface area contributed by atoms with Gasteiger partial charge in [0, 0.05) is 11.1 Å². The van der Waals surface area contributed by atoms with Gasteiger partial charge in [0.25, 0.3) is 0 Å². The molecule has 0 bridgehead atoms. The second-order valence-corrected chi connectivity index (χ2v) is 2.83. The van der Waals surface area contributed by atoms with Crippen molar-refractivity contribution in [2.24, 2.45) is 0 Å². The van der Waals surface area contributed by atoms with Crippen molar-refractivity contribution in [2.75, 3.05) is 7.11 Å². The predicted molar refractivity (Wildman–Crippen MR) is 48.7 cm³/mol.